The van der Waals surface area contributed by atoms with Crippen molar-refractivity contribution in [3.63, 3.8) is 0 Å². The molecule has 0 spiro atoms. The fraction of sp³-hybridized carbons (Fsp3) is 0.111. The van der Waals surface area contributed by atoms with Crippen LogP contribution in [0.25, 0.3) is 10.1 Å². The van der Waals surface area contributed by atoms with Crippen LogP contribution in [0.5, 0.6) is 0 Å². The smallest absolute Gasteiger partial charge is 0.0488 e. The Morgan fingerprint density at radius 2 is 2.25 bits per heavy atom. The van der Waals surface area contributed by atoms with Crippen molar-refractivity contribution in [2.75, 3.05) is 0 Å². The SMILES string of the molecule is SCc1cc2cccc(Br)c2s1. The van der Waals surface area contributed by atoms with Gasteiger partial charge in [-0.2, -0.15) is 12.6 Å². The third kappa shape index (κ3) is 1.41. The van der Waals surface area contributed by atoms with E-state index in [1.807, 2.05) is 0 Å². The Morgan fingerprint density at radius 3 is 2.92 bits per heavy atom. The Morgan fingerprint density at radius 1 is 1.42 bits per heavy atom. The number of thiol groups is 1. The molecular weight excluding hydrogens is 252 g/mol. The molecule has 12 heavy (non-hydrogen) atoms. The molecule has 0 amide bonds. The van der Waals surface area contributed by atoms with Crippen molar-refractivity contribution in [3.8, 4) is 0 Å². The van der Waals surface area contributed by atoms with Gasteiger partial charge >= 0.3 is 0 Å². The average molecular weight is 259 g/mol. The summed E-state index contributed by atoms with van der Waals surface area (Å²) < 4.78 is 2.50. The molecule has 0 fully saturated rings. The Kier molecular flexibility index (Phi) is 2.44. The van der Waals surface area contributed by atoms with Crippen molar-refractivity contribution in [3.05, 3.63) is 33.6 Å². The number of hydrogen-bond acceptors (Lipinski definition) is 2. The van der Waals surface area contributed by atoms with Gasteiger partial charge in [-0.3, -0.25) is 0 Å². The molecule has 0 radical (unpaired) electrons. The third-order valence-corrected chi connectivity index (χ3v) is 4.36. The zero-order valence-electron chi connectivity index (χ0n) is 6.25. The largest absolute Gasteiger partial charge is 0.174 e. The summed E-state index contributed by atoms with van der Waals surface area (Å²) >= 11 is 9.58. The van der Waals surface area contributed by atoms with Crippen LogP contribution >= 0.6 is 39.9 Å². The molecule has 0 aliphatic carbocycles. The molecule has 0 N–H and O–H groups in total. The molecule has 0 bridgehead atoms. The lowest BCUT2D eigenvalue weighted by atomic mass is 10.2. The van der Waals surface area contributed by atoms with E-state index in [0.29, 0.717) is 0 Å². The van der Waals surface area contributed by atoms with Crippen LogP contribution in [0, 0.1) is 0 Å². The molecule has 1 aromatic carbocycles. The maximum absolute atomic E-state index is 4.25. The van der Waals surface area contributed by atoms with E-state index in [4.69, 9.17) is 0 Å². The minimum Gasteiger partial charge on any atom is -0.174 e. The molecule has 0 aliphatic heterocycles. The minimum atomic E-state index is 0.825. The van der Waals surface area contributed by atoms with Crippen molar-refractivity contribution in [1.82, 2.24) is 0 Å². The summed E-state index contributed by atoms with van der Waals surface area (Å²) in [6, 6.07) is 8.45. The van der Waals surface area contributed by atoms with E-state index in [1.165, 1.54) is 19.4 Å². The summed E-state index contributed by atoms with van der Waals surface area (Å²) in [5, 5.41) is 1.30. The summed E-state index contributed by atoms with van der Waals surface area (Å²) in [7, 11) is 0. The lowest BCUT2D eigenvalue weighted by molar-refractivity contribution is 1.58. The van der Waals surface area contributed by atoms with Crippen molar-refractivity contribution in [1.29, 1.82) is 0 Å². The van der Waals surface area contributed by atoms with Crippen molar-refractivity contribution >= 4 is 50.0 Å². The van der Waals surface area contributed by atoms with E-state index in [1.54, 1.807) is 11.3 Å². The second-order valence-electron chi connectivity index (χ2n) is 2.53. The van der Waals surface area contributed by atoms with Gasteiger partial charge in [-0.05, 0) is 33.4 Å². The summed E-state index contributed by atoms with van der Waals surface area (Å²) in [6.07, 6.45) is 0. The van der Waals surface area contributed by atoms with Gasteiger partial charge in [0.2, 0.25) is 0 Å². The number of hydrogen-bond donors (Lipinski definition) is 1. The van der Waals surface area contributed by atoms with Gasteiger partial charge in [0.15, 0.2) is 0 Å². The third-order valence-electron chi connectivity index (χ3n) is 1.70. The molecule has 0 unspecified atom stereocenters. The van der Waals surface area contributed by atoms with E-state index >= 15 is 0 Å². The maximum atomic E-state index is 4.25. The lowest BCUT2D eigenvalue weighted by Gasteiger charge is -1.89. The van der Waals surface area contributed by atoms with Gasteiger partial charge in [0, 0.05) is 19.8 Å². The van der Waals surface area contributed by atoms with Crippen molar-refractivity contribution in [2.45, 2.75) is 5.75 Å². The molecule has 2 rings (SSSR count). The second-order valence-corrected chi connectivity index (χ2v) is 4.84. The number of thiophene rings is 1. The van der Waals surface area contributed by atoms with Crippen LogP contribution in [0.15, 0.2) is 28.7 Å². The topological polar surface area (TPSA) is 0 Å². The molecule has 0 atom stereocenters. The first-order valence-electron chi connectivity index (χ1n) is 3.59. The highest BCUT2D eigenvalue weighted by Crippen LogP contribution is 2.32. The normalized spacial score (nSPS) is 10.8. The molecule has 1 heterocycles. The Hall–Kier alpha value is 0.01000. The number of rotatable bonds is 1. The predicted octanol–water partition coefficient (Wildman–Crippen LogP) is 4.09. The fourth-order valence-electron chi connectivity index (χ4n) is 1.16. The minimum absolute atomic E-state index is 0.825. The van der Waals surface area contributed by atoms with Gasteiger partial charge in [-0.25, -0.2) is 0 Å². The second kappa shape index (κ2) is 3.40. The van der Waals surface area contributed by atoms with Gasteiger partial charge in [0.1, 0.15) is 0 Å². The molecule has 0 nitrogen and oxygen atoms in total. The zero-order valence-corrected chi connectivity index (χ0v) is 9.55. The number of halogens is 1. The van der Waals surface area contributed by atoms with Gasteiger partial charge < -0.3 is 0 Å². The highest BCUT2D eigenvalue weighted by atomic mass is 79.9. The van der Waals surface area contributed by atoms with E-state index in [9.17, 15) is 0 Å². The van der Waals surface area contributed by atoms with Gasteiger partial charge in [-0.15, -0.1) is 11.3 Å². The zero-order chi connectivity index (χ0) is 8.55. The first-order chi connectivity index (χ1) is 5.81. The van der Waals surface area contributed by atoms with Crippen LogP contribution in [-0.2, 0) is 5.75 Å². The summed E-state index contributed by atoms with van der Waals surface area (Å²) in [4.78, 5) is 1.32. The molecule has 1 aromatic heterocycles. The van der Waals surface area contributed by atoms with Crippen LogP contribution in [-0.4, -0.2) is 0 Å². The molecule has 62 valence electrons. The Labute approximate surface area is 89.1 Å². The highest BCUT2D eigenvalue weighted by Gasteiger charge is 2.02. The summed E-state index contributed by atoms with van der Waals surface area (Å²) in [6.45, 7) is 0. The van der Waals surface area contributed by atoms with Crippen LogP contribution < -0.4 is 0 Å². The molecule has 0 saturated carbocycles. The van der Waals surface area contributed by atoms with Crippen LogP contribution in [0.2, 0.25) is 0 Å². The molecular formula is C9H7BrS2. The van der Waals surface area contributed by atoms with Gasteiger partial charge in [-0.1, -0.05) is 12.1 Å². The molecule has 0 aliphatic rings. The van der Waals surface area contributed by atoms with Crippen LogP contribution in [0.3, 0.4) is 0 Å². The first kappa shape index (κ1) is 8.60. The Balaban J connectivity index is 2.74. The fourth-order valence-corrected chi connectivity index (χ4v) is 2.99. The van der Waals surface area contributed by atoms with E-state index in [2.05, 4.69) is 52.8 Å². The predicted molar refractivity (Wildman–Crippen MR) is 62.2 cm³/mol. The van der Waals surface area contributed by atoms with E-state index in [-0.39, 0.29) is 0 Å². The number of benzene rings is 1. The Bertz CT molecular complexity index is 406. The molecule has 0 saturated heterocycles. The quantitative estimate of drug-likeness (QED) is 0.732. The summed E-state index contributed by atoms with van der Waals surface area (Å²) in [5.41, 5.74) is 0. The van der Waals surface area contributed by atoms with Crippen LogP contribution in [0.4, 0.5) is 0 Å². The monoisotopic (exact) mass is 258 g/mol. The van der Waals surface area contributed by atoms with Crippen LogP contribution in [0.1, 0.15) is 4.88 Å². The van der Waals surface area contributed by atoms with Gasteiger partial charge in [0.25, 0.3) is 0 Å². The molecule has 2 aromatic rings. The standard InChI is InChI=1S/C9H7BrS2/c10-8-3-1-2-6-4-7(5-11)12-9(6)8/h1-4,11H,5H2. The van der Waals surface area contributed by atoms with Crippen molar-refractivity contribution < 1.29 is 0 Å². The van der Waals surface area contributed by atoms with E-state index in [0.717, 1.165) is 5.75 Å². The van der Waals surface area contributed by atoms with Crippen molar-refractivity contribution in [2.24, 2.45) is 0 Å². The highest BCUT2D eigenvalue weighted by molar-refractivity contribution is 9.10. The first-order valence-corrected chi connectivity index (χ1v) is 5.83. The molecule has 3 heteroatoms. The van der Waals surface area contributed by atoms with Gasteiger partial charge in [0.05, 0.1) is 0 Å². The lowest BCUT2D eigenvalue weighted by Crippen LogP contribution is -1.62. The average Bonchev–Trinajstić information content (AvgIpc) is 2.49. The van der Waals surface area contributed by atoms with E-state index < -0.39 is 0 Å². The maximum Gasteiger partial charge on any atom is 0.0488 e. The summed E-state index contributed by atoms with van der Waals surface area (Å²) in [5.74, 6) is 0.825. The number of fused-ring (bicyclic) bond motifs is 1.